The molecule has 1 rings (SSSR count). The Labute approximate surface area is 123 Å². The van der Waals surface area contributed by atoms with Gasteiger partial charge in [-0.05, 0) is 29.6 Å². The van der Waals surface area contributed by atoms with Crippen molar-refractivity contribution in [1.29, 1.82) is 0 Å². The highest BCUT2D eigenvalue weighted by Gasteiger charge is 2.10. The van der Waals surface area contributed by atoms with E-state index in [2.05, 4.69) is 15.3 Å². The second kappa shape index (κ2) is 8.71. The molecule has 0 heterocycles. The quantitative estimate of drug-likeness (QED) is 0.345. The number of hydrogen-bond donors (Lipinski definition) is 1. The molecule has 1 N–H and O–H groups in total. The molecule has 0 aliphatic rings. The van der Waals surface area contributed by atoms with Crippen LogP contribution in [-0.4, -0.2) is 26.2 Å². The van der Waals surface area contributed by atoms with Crippen LogP contribution in [0, 0.1) is 0 Å². The van der Waals surface area contributed by atoms with Gasteiger partial charge in [-0.15, -0.1) is 0 Å². The van der Waals surface area contributed by atoms with Crippen molar-refractivity contribution in [3.8, 4) is 11.5 Å². The van der Waals surface area contributed by atoms with E-state index in [1.165, 1.54) is 6.92 Å². The minimum atomic E-state index is -0.112. The van der Waals surface area contributed by atoms with E-state index in [1.807, 2.05) is 13.0 Å². The highest BCUT2D eigenvalue weighted by molar-refractivity contribution is 5.72. The molecule has 0 saturated carbocycles. The Balaban J connectivity index is 2.93. The number of azide groups is 1. The topological polar surface area (TPSA) is 96.3 Å². The van der Waals surface area contributed by atoms with E-state index in [-0.39, 0.29) is 5.91 Å². The number of hydrogen-bond acceptors (Lipinski definition) is 4. The molecule has 114 valence electrons. The predicted molar refractivity (Wildman–Crippen MR) is 80.0 cm³/mol. The Bertz CT molecular complexity index is 539. The number of carbonyl (C=O) groups excluding carboxylic acids is 1. The minimum absolute atomic E-state index is 0.112. The number of ether oxygens (including phenoxy) is 2. The molecule has 21 heavy (non-hydrogen) atoms. The van der Waals surface area contributed by atoms with Crippen LogP contribution in [0.1, 0.15) is 25.8 Å². The molecule has 7 heteroatoms. The van der Waals surface area contributed by atoms with E-state index >= 15 is 0 Å². The van der Waals surface area contributed by atoms with E-state index in [4.69, 9.17) is 15.0 Å². The Hall–Kier alpha value is -2.40. The summed E-state index contributed by atoms with van der Waals surface area (Å²) in [6.07, 6.45) is 1.72. The van der Waals surface area contributed by atoms with Crippen LogP contribution in [0.4, 0.5) is 5.69 Å². The smallest absolute Gasteiger partial charge is 0.216 e. The van der Waals surface area contributed by atoms with E-state index in [0.717, 1.165) is 18.4 Å². The van der Waals surface area contributed by atoms with Gasteiger partial charge >= 0.3 is 0 Å². The molecule has 0 aliphatic heterocycles. The molecular formula is C14H20N4O3. The molecule has 0 atom stereocenters. The van der Waals surface area contributed by atoms with Crippen LogP contribution in [0.2, 0.25) is 0 Å². The molecule has 1 aromatic carbocycles. The SMILES string of the molecule is CCCc1cc(OC)c(OCCNC(C)=O)cc1N=[N+]=[N-]. The van der Waals surface area contributed by atoms with E-state index < -0.39 is 0 Å². The van der Waals surface area contributed by atoms with E-state index in [0.29, 0.717) is 30.3 Å². The highest BCUT2D eigenvalue weighted by atomic mass is 16.5. The third-order valence-electron chi connectivity index (χ3n) is 2.77. The number of methoxy groups -OCH3 is 1. The van der Waals surface area contributed by atoms with Crippen molar-refractivity contribution in [2.45, 2.75) is 26.7 Å². The van der Waals surface area contributed by atoms with Gasteiger partial charge in [0.25, 0.3) is 0 Å². The van der Waals surface area contributed by atoms with Gasteiger partial charge in [-0.2, -0.15) is 0 Å². The van der Waals surface area contributed by atoms with Crippen LogP contribution in [0.3, 0.4) is 0 Å². The summed E-state index contributed by atoms with van der Waals surface area (Å²) >= 11 is 0. The lowest BCUT2D eigenvalue weighted by Crippen LogP contribution is -2.25. The van der Waals surface area contributed by atoms with Crippen LogP contribution in [-0.2, 0) is 11.2 Å². The Morgan fingerprint density at radius 3 is 2.76 bits per heavy atom. The summed E-state index contributed by atoms with van der Waals surface area (Å²) < 4.78 is 10.9. The molecule has 0 bridgehead atoms. The Kier molecular flexibility index (Phi) is 6.91. The monoisotopic (exact) mass is 292 g/mol. The lowest BCUT2D eigenvalue weighted by Gasteiger charge is -2.14. The van der Waals surface area contributed by atoms with Crippen LogP contribution in [0.25, 0.3) is 10.4 Å². The first-order chi connectivity index (χ1) is 10.1. The van der Waals surface area contributed by atoms with Gasteiger partial charge < -0.3 is 14.8 Å². The summed E-state index contributed by atoms with van der Waals surface area (Å²) in [6, 6.07) is 3.48. The molecule has 1 aromatic rings. The van der Waals surface area contributed by atoms with Gasteiger partial charge in [0.05, 0.1) is 13.7 Å². The van der Waals surface area contributed by atoms with Crippen molar-refractivity contribution in [3.63, 3.8) is 0 Å². The maximum Gasteiger partial charge on any atom is 0.216 e. The van der Waals surface area contributed by atoms with Crippen molar-refractivity contribution in [2.75, 3.05) is 20.3 Å². The second-order valence-corrected chi connectivity index (χ2v) is 4.40. The highest BCUT2D eigenvalue weighted by Crippen LogP contribution is 2.35. The molecule has 0 aromatic heterocycles. The van der Waals surface area contributed by atoms with Crippen LogP contribution in [0.5, 0.6) is 11.5 Å². The normalized spacial score (nSPS) is 9.67. The number of aryl methyl sites for hydroxylation is 1. The number of nitrogens with zero attached hydrogens (tertiary/aromatic N) is 3. The molecule has 0 spiro atoms. The maximum atomic E-state index is 10.8. The number of benzene rings is 1. The standard InChI is InChI=1S/C14H20N4O3/c1-4-5-11-8-13(20-3)14(9-12(11)17-18-15)21-7-6-16-10(2)19/h8-9H,4-7H2,1-3H3,(H,16,19). The van der Waals surface area contributed by atoms with Gasteiger partial charge in [0, 0.05) is 17.5 Å². The van der Waals surface area contributed by atoms with Crippen molar-refractivity contribution < 1.29 is 14.3 Å². The van der Waals surface area contributed by atoms with Crippen LogP contribution < -0.4 is 14.8 Å². The zero-order valence-electron chi connectivity index (χ0n) is 12.5. The molecular weight excluding hydrogens is 272 g/mol. The number of nitrogens with one attached hydrogen (secondary N) is 1. The molecule has 1 amide bonds. The fraction of sp³-hybridized carbons (Fsp3) is 0.500. The summed E-state index contributed by atoms with van der Waals surface area (Å²) in [4.78, 5) is 13.6. The van der Waals surface area contributed by atoms with Gasteiger partial charge in [-0.1, -0.05) is 18.5 Å². The molecule has 0 unspecified atom stereocenters. The van der Waals surface area contributed by atoms with Gasteiger partial charge in [0.2, 0.25) is 5.91 Å². The first kappa shape index (κ1) is 16.7. The molecule has 0 saturated heterocycles. The largest absolute Gasteiger partial charge is 0.493 e. The summed E-state index contributed by atoms with van der Waals surface area (Å²) in [7, 11) is 1.55. The summed E-state index contributed by atoms with van der Waals surface area (Å²) in [6.45, 7) is 4.19. The zero-order valence-corrected chi connectivity index (χ0v) is 12.5. The Morgan fingerprint density at radius 1 is 1.43 bits per heavy atom. The molecule has 7 nitrogen and oxygen atoms in total. The van der Waals surface area contributed by atoms with E-state index in [1.54, 1.807) is 13.2 Å². The lowest BCUT2D eigenvalue weighted by molar-refractivity contribution is -0.119. The summed E-state index contributed by atoms with van der Waals surface area (Å²) in [5.41, 5.74) is 10.1. The van der Waals surface area contributed by atoms with Gasteiger partial charge in [-0.25, -0.2) is 0 Å². The fourth-order valence-corrected chi connectivity index (χ4v) is 1.86. The van der Waals surface area contributed by atoms with Gasteiger partial charge in [0.1, 0.15) is 6.61 Å². The maximum absolute atomic E-state index is 10.8. The first-order valence-electron chi connectivity index (χ1n) is 6.75. The Morgan fingerprint density at radius 2 is 2.19 bits per heavy atom. The zero-order chi connectivity index (χ0) is 15.7. The minimum Gasteiger partial charge on any atom is -0.493 e. The number of carbonyl (C=O) groups is 1. The molecule has 0 aliphatic carbocycles. The first-order valence-corrected chi connectivity index (χ1v) is 6.75. The fourth-order valence-electron chi connectivity index (χ4n) is 1.86. The van der Waals surface area contributed by atoms with Gasteiger partial charge in [0.15, 0.2) is 11.5 Å². The van der Waals surface area contributed by atoms with Crippen LogP contribution in [0.15, 0.2) is 17.2 Å². The van der Waals surface area contributed by atoms with Crippen molar-refractivity contribution in [2.24, 2.45) is 5.11 Å². The van der Waals surface area contributed by atoms with Crippen molar-refractivity contribution in [1.82, 2.24) is 5.32 Å². The second-order valence-electron chi connectivity index (χ2n) is 4.40. The molecule has 0 fully saturated rings. The number of rotatable bonds is 8. The third-order valence-corrected chi connectivity index (χ3v) is 2.77. The molecule has 0 radical (unpaired) electrons. The average Bonchev–Trinajstić information content (AvgIpc) is 2.46. The third kappa shape index (κ3) is 5.24. The van der Waals surface area contributed by atoms with Crippen molar-refractivity contribution in [3.05, 3.63) is 28.1 Å². The average molecular weight is 292 g/mol. The summed E-state index contributed by atoms with van der Waals surface area (Å²) in [5, 5.41) is 6.33. The number of amides is 1. The van der Waals surface area contributed by atoms with Crippen LogP contribution >= 0.6 is 0 Å². The van der Waals surface area contributed by atoms with Gasteiger partial charge in [-0.3, -0.25) is 4.79 Å². The summed E-state index contributed by atoms with van der Waals surface area (Å²) in [5.74, 6) is 0.960. The predicted octanol–water partition coefficient (Wildman–Crippen LogP) is 3.10. The van der Waals surface area contributed by atoms with E-state index in [9.17, 15) is 4.79 Å². The van der Waals surface area contributed by atoms with Crippen molar-refractivity contribution >= 4 is 11.6 Å². The lowest BCUT2D eigenvalue weighted by atomic mass is 10.1.